The van der Waals surface area contributed by atoms with Crippen LogP contribution >= 0.6 is 23.4 Å². The normalized spacial score (nSPS) is 11.0. The van der Waals surface area contributed by atoms with Gasteiger partial charge >= 0.3 is 0 Å². The van der Waals surface area contributed by atoms with Crippen LogP contribution in [0.2, 0.25) is 5.15 Å². The Labute approximate surface area is 107 Å². The molecule has 90 valence electrons. The maximum absolute atomic E-state index is 5.66. The van der Waals surface area contributed by atoms with Gasteiger partial charge in [0.25, 0.3) is 0 Å². The molecule has 0 N–H and O–H groups in total. The highest BCUT2D eigenvalue weighted by Gasteiger charge is 2.00. The average molecular weight is 260 g/mol. The van der Waals surface area contributed by atoms with Gasteiger partial charge in [0.05, 0.1) is 0 Å². The van der Waals surface area contributed by atoms with E-state index in [1.165, 1.54) is 6.42 Å². The molecule has 1 aromatic rings. The fourth-order valence-corrected chi connectivity index (χ4v) is 2.23. The highest BCUT2D eigenvalue weighted by Crippen LogP contribution is 2.16. The van der Waals surface area contributed by atoms with Gasteiger partial charge in [0.15, 0.2) is 5.15 Å². The Morgan fingerprint density at radius 1 is 1.25 bits per heavy atom. The molecule has 0 aliphatic heterocycles. The number of nitrogens with zero attached hydrogens (tertiary/aromatic N) is 3. The zero-order chi connectivity index (χ0) is 11.8. The van der Waals surface area contributed by atoms with Crippen molar-refractivity contribution >= 4 is 23.4 Å². The molecular formula is C11H18ClN3S. The fourth-order valence-electron chi connectivity index (χ4n) is 1.39. The monoisotopic (exact) mass is 259 g/mol. The Bertz CT molecular complexity index is 288. The lowest BCUT2D eigenvalue weighted by Gasteiger charge is -2.17. The molecule has 0 radical (unpaired) electrons. The van der Waals surface area contributed by atoms with Crippen LogP contribution in [0.5, 0.6) is 0 Å². The highest BCUT2D eigenvalue weighted by atomic mass is 35.5. The van der Waals surface area contributed by atoms with Gasteiger partial charge in [0.2, 0.25) is 0 Å². The minimum Gasteiger partial charge on any atom is -0.304 e. The molecular weight excluding hydrogens is 242 g/mol. The number of hydrogen-bond donors (Lipinski definition) is 0. The molecule has 3 nitrogen and oxygen atoms in total. The summed E-state index contributed by atoms with van der Waals surface area (Å²) in [5.41, 5.74) is 0. The molecule has 0 spiro atoms. The van der Waals surface area contributed by atoms with Crippen LogP contribution in [0.3, 0.4) is 0 Å². The molecule has 16 heavy (non-hydrogen) atoms. The zero-order valence-corrected chi connectivity index (χ0v) is 11.4. The summed E-state index contributed by atoms with van der Waals surface area (Å²) in [5, 5.41) is 9.21. The van der Waals surface area contributed by atoms with Crippen LogP contribution in [0.1, 0.15) is 20.3 Å². The largest absolute Gasteiger partial charge is 0.304 e. The number of aromatic nitrogens is 2. The van der Waals surface area contributed by atoms with Gasteiger partial charge in [-0.1, -0.05) is 25.4 Å². The Kier molecular flexibility index (Phi) is 6.76. The number of halogens is 1. The molecule has 5 heteroatoms. The van der Waals surface area contributed by atoms with E-state index in [4.69, 9.17) is 11.6 Å². The van der Waals surface area contributed by atoms with E-state index in [2.05, 4.69) is 28.9 Å². The van der Waals surface area contributed by atoms with Crippen LogP contribution < -0.4 is 0 Å². The summed E-state index contributed by atoms with van der Waals surface area (Å²) >= 11 is 7.40. The summed E-state index contributed by atoms with van der Waals surface area (Å²) in [6.07, 6.45) is 1.18. The number of thioether (sulfide) groups is 1. The molecule has 0 saturated heterocycles. The van der Waals surface area contributed by atoms with Crippen molar-refractivity contribution < 1.29 is 0 Å². The molecule has 0 atom stereocenters. The second-order valence-electron chi connectivity index (χ2n) is 3.42. The first-order valence-corrected chi connectivity index (χ1v) is 6.97. The molecule has 1 heterocycles. The Morgan fingerprint density at radius 2 is 2.00 bits per heavy atom. The van der Waals surface area contributed by atoms with E-state index in [1.54, 1.807) is 17.8 Å². The molecule has 0 amide bonds. The molecule has 1 aromatic heterocycles. The van der Waals surface area contributed by atoms with E-state index < -0.39 is 0 Å². The van der Waals surface area contributed by atoms with Gasteiger partial charge in [-0.3, -0.25) is 0 Å². The van der Waals surface area contributed by atoms with Gasteiger partial charge in [0, 0.05) is 5.75 Å². The average Bonchev–Trinajstić information content (AvgIpc) is 2.32. The van der Waals surface area contributed by atoms with E-state index >= 15 is 0 Å². The first-order valence-electron chi connectivity index (χ1n) is 5.60. The van der Waals surface area contributed by atoms with Gasteiger partial charge in [-0.2, -0.15) is 0 Å². The Balaban J connectivity index is 2.18. The molecule has 0 aliphatic rings. The number of hydrogen-bond acceptors (Lipinski definition) is 4. The zero-order valence-electron chi connectivity index (χ0n) is 9.82. The SMILES string of the molecule is CCN(CC)CCCSc1ccc(Cl)nn1. The van der Waals surface area contributed by atoms with Crippen molar-refractivity contribution in [2.45, 2.75) is 25.3 Å². The standard InChI is InChI=1S/C11H18ClN3S/c1-3-15(4-2)8-5-9-16-11-7-6-10(12)13-14-11/h6-7H,3-5,8-9H2,1-2H3. The van der Waals surface area contributed by atoms with Gasteiger partial charge in [-0.05, 0) is 38.2 Å². The minimum atomic E-state index is 0.451. The summed E-state index contributed by atoms with van der Waals surface area (Å²) in [5.74, 6) is 1.08. The van der Waals surface area contributed by atoms with Crippen molar-refractivity contribution in [3.8, 4) is 0 Å². The first kappa shape index (κ1) is 13.7. The molecule has 0 aromatic carbocycles. The highest BCUT2D eigenvalue weighted by molar-refractivity contribution is 7.99. The minimum absolute atomic E-state index is 0.451. The van der Waals surface area contributed by atoms with Crippen LogP contribution in [0.4, 0.5) is 0 Å². The summed E-state index contributed by atoms with van der Waals surface area (Å²) in [6, 6.07) is 3.69. The lowest BCUT2D eigenvalue weighted by molar-refractivity contribution is 0.305. The van der Waals surface area contributed by atoms with E-state index in [0.717, 1.165) is 30.4 Å². The van der Waals surface area contributed by atoms with Gasteiger partial charge in [0.1, 0.15) is 5.03 Å². The topological polar surface area (TPSA) is 29.0 Å². The van der Waals surface area contributed by atoms with E-state index in [1.807, 2.05) is 6.07 Å². The fraction of sp³-hybridized carbons (Fsp3) is 0.636. The van der Waals surface area contributed by atoms with Crippen molar-refractivity contribution in [3.05, 3.63) is 17.3 Å². The second-order valence-corrected chi connectivity index (χ2v) is 4.93. The van der Waals surface area contributed by atoms with E-state index in [9.17, 15) is 0 Å². The molecule has 0 bridgehead atoms. The van der Waals surface area contributed by atoms with Crippen molar-refractivity contribution in [3.63, 3.8) is 0 Å². The van der Waals surface area contributed by atoms with Crippen molar-refractivity contribution in [1.29, 1.82) is 0 Å². The van der Waals surface area contributed by atoms with E-state index in [0.29, 0.717) is 5.15 Å². The van der Waals surface area contributed by atoms with Crippen LogP contribution in [-0.4, -0.2) is 40.5 Å². The molecule has 0 aliphatic carbocycles. The Morgan fingerprint density at radius 3 is 2.56 bits per heavy atom. The lowest BCUT2D eigenvalue weighted by Crippen LogP contribution is -2.24. The predicted molar refractivity (Wildman–Crippen MR) is 70.2 cm³/mol. The maximum atomic E-state index is 5.66. The van der Waals surface area contributed by atoms with Gasteiger partial charge in [-0.15, -0.1) is 22.0 Å². The van der Waals surface area contributed by atoms with Crippen LogP contribution in [0, 0.1) is 0 Å². The third-order valence-corrected chi connectivity index (χ3v) is 3.58. The molecule has 0 unspecified atom stereocenters. The molecule has 0 fully saturated rings. The van der Waals surface area contributed by atoms with Crippen LogP contribution in [0.25, 0.3) is 0 Å². The predicted octanol–water partition coefficient (Wildman–Crippen LogP) is 2.95. The van der Waals surface area contributed by atoms with Crippen LogP contribution in [0.15, 0.2) is 17.2 Å². The third kappa shape index (κ3) is 5.14. The maximum Gasteiger partial charge on any atom is 0.151 e. The van der Waals surface area contributed by atoms with Crippen LogP contribution in [-0.2, 0) is 0 Å². The summed E-state index contributed by atoms with van der Waals surface area (Å²) in [6.45, 7) is 7.80. The van der Waals surface area contributed by atoms with Crippen molar-refractivity contribution in [1.82, 2.24) is 15.1 Å². The van der Waals surface area contributed by atoms with Gasteiger partial charge < -0.3 is 4.90 Å². The van der Waals surface area contributed by atoms with Crippen molar-refractivity contribution in [2.75, 3.05) is 25.4 Å². The molecule has 0 saturated carbocycles. The summed E-state index contributed by atoms with van der Waals surface area (Å²) in [7, 11) is 0. The third-order valence-electron chi connectivity index (χ3n) is 2.37. The number of rotatable bonds is 7. The molecule has 1 rings (SSSR count). The van der Waals surface area contributed by atoms with Crippen molar-refractivity contribution in [2.24, 2.45) is 0 Å². The second kappa shape index (κ2) is 7.87. The van der Waals surface area contributed by atoms with Gasteiger partial charge in [-0.25, -0.2) is 0 Å². The Hall–Kier alpha value is -0.320. The quantitative estimate of drug-likeness (QED) is 0.556. The summed E-state index contributed by atoms with van der Waals surface area (Å²) < 4.78 is 0. The first-order chi connectivity index (χ1) is 7.76. The van der Waals surface area contributed by atoms with E-state index in [-0.39, 0.29) is 0 Å². The lowest BCUT2D eigenvalue weighted by atomic mass is 10.4. The smallest absolute Gasteiger partial charge is 0.151 e. The summed E-state index contributed by atoms with van der Waals surface area (Å²) in [4.78, 5) is 2.42.